The van der Waals surface area contributed by atoms with Crippen LogP contribution in [0.4, 0.5) is 0 Å². The van der Waals surface area contributed by atoms with E-state index in [9.17, 15) is 9.90 Å². The molecule has 0 saturated carbocycles. The van der Waals surface area contributed by atoms with Crippen LogP contribution < -0.4 is 5.32 Å². The molecule has 0 unspecified atom stereocenters. The second-order valence-corrected chi connectivity index (χ2v) is 7.32. The van der Waals surface area contributed by atoms with Gasteiger partial charge in [0.05, 0.1) is 5.41 Å². The zero-order chi connectivity index (χ0) is 16.2. The second kappa shape index (κ2) is 7.57. The van der Waals surface area contributed by atoms with Gasteiger partial charge in [0.1, 0.15) is 0 Å². The predicted octanol–water partition coefficient (Wildman–Crippen LogP) is 2.49. The molecule has 1 aliphatic heterocycles. The first-order chi connectivity index (χ1) is 10.4. The lowest BCUT2D eigenvalue weighted by atomic mass is 9.83. The van der Waals surface area contributed by atoms with Crippen LogP contribution in [0, 0.1) is 11.8 Å². The van der Waals surface area contributed by atoms with Gasteiger partial charge in [-0.3, -0.25) is 4.79 Å². The molecule has 0 aliphatic carbocycles. The maximum atomic E-state index is 12.5. The van der Waals surface area contributed by atoms with Crippen LogP contribution in [-0.2, 0) is 14.9 Å². The van der Waals surface area contributed by atoms with Crippen molar-refractivity contribution in [3.63, 3.8) is 0 Å². The summed E-state index contributed by atoms with van der Waals surface area (Å²) in [4.78, 5) is 12.5. The molecule has 122 valence electrons. The number of carbonyl (C=O) groups excluding carboxylic acids is 1. The van der Waals surface area contributed by atoms with Crippen molar-refractivity contribution in [2.24, 2.45) is 11.8 Å². The van der Waals surface area contributed by atoms with Crippen LogP contribution >= 0.6 is 15.9 Å². The molecule has 0 aromatic heterocycles. The summed E-state index contributed by atoms with van der Waals surface area (Å²) < 4.78 is 6.36. The first-order valence-electron chi connectivity index (χ1n) is 7.68. The third-order valence-electron chi connectivity index (χ3n) is 4.52. The fourth-order valence-corrected chi connectivity index (χ4v) is 3.01. The van der Waals surface area contributed by atoms with Crippen molar-refractivity contribution < 1.29 is 14.6 Å². The summed E-state index contributed by atoms with van der Waals surface area (Å²) in [5.41, 5.74) is 0.366. The predicted molar refractivity (Wildman–Crippen MR) is 89.7 cm³/mol. The van der Waals surface area contributed by atoms with Crippen molar-refractivity contribution in [1.82, 2.24) is 5.32 Å². The monoisotopic (exact) mass is 369 g/mol. The Hall–Kier alpha value is -0.910. The first kappa shape index (κ1) is 17.4. The Morgan fingerprint density at radius 3 is 2.68 bits per heavy atom. The number of rotatable bonds is 6. The average molecular weight is 370 g/mol. The van der Waals surface area contributed by atoms with E-state index in [2.05, 4.69) is 21.2 Å². The summed E-state index contributed by atoms with van der Waals surface area (Å²) in [5, 5.41) is 12.5. The van der Waals surface area contributed by atoms with Crippen molar-refractivity contribution >= 4 is 21.8 Å². The lowest BCUT2D eigenvalue weighted by Gasteiger charge is -2.27. The van der Waals surface area contributed by atoms with Crippen LogP contribution in [0.25, 0.3) is 0 Å². The minimum atomic E-state index is -0.604. The summed E-state index contributed by atoms with van der Waals surface area (Å²) in [5.74, 6) is 0.375. The Balaban J connectivity index is 1.96. The van der Waals surface area contributed by atoms with E-state index in [0.29, 0.717) is 19.1 Å². The smallest absolute Gasteiger partial charge is 0.230 e. The summed E-state index contributed by atoms with van der Waals surface area (Å²) >= 11 is 3.41. The molecule has 0 radical (unpaired) electrons. The number of aliphatic hydroxyl groups is 1. The zero-order valence-electron chi connectivity index (χ0n) is 13.1. The normalized spacial score (nSPS) is 19.9. The van der Waals surface area contributed by atoms with Crippen molar-refractivity contribution in [1.29, 1.82) is 0 Å². The van der Waals surface area contributed by atoms with Gasteiger partial charge < -0.3 is 15.2 Å². The molecule has 1 aliphatic rings. The van der Waals surface area contributed by atoms with E-state index >= 15 is 0 Å². The molecular weight excluding hydrogens is 346 g/mol. The van der Waals surface area contributed by atoms with Crippen LogP contribution in [-0.4, -0.2) is 37.4 Å². The summed E-state index contributed by atoms with van der Waals surface area (Å²) in [6.07, 6.45) is 0.956. The fourth-order valence-electron chi connectivity index (χ4n) is 2.75. The quantitative estimate of drug-likeness (QED) is 0.809. The molecule has 2 rings (SSSR count). The molecule has 4 nitrogen and oxygen atoms in total. The van der Waals surface area contributed by atoms with Gasteiger partial charge in [-0.1, -0.05) is 28.1 Å². The standard InChI is InChI=1S/C17H24BrNO3/c1-17(2,14-3-5-15(18)6-4-14)16(21)19-9-13(10-20)12-7-8-22-11-12/h3-6,12-13,20H,7-11H2,1-2H3,(H,19,21)/t12-,13+/m1/s1. The molecule has 2 atom stereocenters. The molecule has 2 N–H and O–H groups in total. The van der Waals surface area contributed by atoms with Crippen molar-refractivity contribution in [3.05, 3.63) is 34.3 Å². The van der Waals surface area contributed by atoms with Crippen LogP contribution in [0.1, 0.15) is 25.8 Å². The fraction of sp³-hybridized carbons (Fsp3) is 0.588. The topological polar surface area (TPSA) is 58.6 Å². The van der Waals surface area contributed by atoms with E-state index in [1.54, 1.807) is 0 Å². The maximum absolute atomic E-state index is 12.5. The lowest BCUT2D eigenvalue weighted by molar-refractivity contribution is -0.126. The molecule has 1 aromatic carbocycles. The number of carbonyl (C=O) groups is 1. The summed E-state index contributed by atoms with van der Waals surface area (Å²) in [7, 11) is 0. The SMILES string of the molecule is CC(C)(C(=O)NC[C@@H](CO)[C@@H]1CCOC1)c1ccc(Br)cc1. The molecular formula is C17H24BrNO3. The Bertz CT molecular complexity index is 495. The van der Waals surface area contributed by atoms with E-state index in [-0.39, 0.29) is 18.4 Å². The van der Waals surface area contributed by atoms with Crippen molar-refractivity contribution in [3.8, 4) is 0 Å². The van der Waals surface area contributed by atoms with Gasteiger partial charge in [-0.2, -0.15) is 0 Å². The Morgan fingerprint density at radius 1 is 1.45 bits per heavy atom. The van der Waals surface area contributed by atoms with Crippen LogP contribution in [0.5, 0.6) is 0 Å². The highest BCUT2D eigenvalue weighted by Gasteiger charge is 2.31. The third-order valence-corrected chi connectivity index (χ3v) is 5.05. The summed E-state index contributed by atoms with van der Waals surface area (Å²) in [6, 6.07) is 7.80. The molecule has 1 saturated heterocycles. The van der Waals surface area contributed by atoms with Crippen LogP contribution in [0.15, 0.2) is 28.7 Å². The maximum Gasteiger partial charge on any atom is 0.230 e. The largest absolute Gasteiger partial charge is 0.396 e. The minimum Gasteiger partial charge on any atom is -0.396 e. The molecule has 1 aromatic rings. The molecule has 0 spiro atoms. The molecule has 1 amide bonds. The number of amides is 1. The lowest BCUT2D eigenvalue weighted by Crippen LogP contribution is -2.43. The van der Waals surface area contributed by atoms with Crippen molar-refractivity contribution in [2.75, 3.05) is 26.4 Å². The van der Waals surface area contributed by atoms with Gasteiger partial charge in [0.2, 0.25) is 5.91 Å². The third kappa shape index (κ3) is 4.09. The minimum absolute atomic E-state index is 0.0211. The van der Waals surface area contributed by atoms with Gasteiger partial charge in [-0.25, -0.2) is 0 Å². The highest BCUT2D eigenvalue weighted by molar-refractivity contribution is 9.10. The van der Waals surface area contributed by atoms with E-state index < -0.39 is 5.41 Å². The van der Waals surface area contributed by atoms with E-state index in [1.807, 2.05) is 38.1 Å². The van der Waals surface area contributed by atoms with E-state index in [4.69, 9.17) is 4.74 Å². The van der Waals surface area contributed by atoms with Gasteiger partial charge in [-0.15, -0.1) is 0 Å². The van der Waals surface area contributed by atoms with E-state index in [1.165, 1.54) is 0 Å². The Morgan fingerprint density at radius 2 is 2.14 bits per heavy atom. The summed E-state index contributed by atoms with van der Waals surface area (Å²) in [6.45, 7) is 5.82. The van der Waals surface area contributed by atoms with Crippen molar-refractivity contribution in [2.45, 2.75) is 25.7 Å². The van der Waals surface area contributed by atoms with Gasteiger partial charge in [0.25, 0.3) is 0 Å². The Kier molecular flexibility index (Phi) is 6.01. The first-order valence-corrected chi connectivity index (χ1v) is 8.47. The number of benzene rings is 1. The second-order valence-electron chi connectivity index (χ2n) is 6.41. The molecule has 1 heterocycles. The van der Waals surface area contributed by atoms with Gasteiger partial charge >= 0.3 is 0 Å². The van der Waals surface area contributed by atoms with Gasteiger partial charge in [0.15, 0.2) is 0 Å². The Labute approximate surface area is 140 Å². The molecule has 0 bridgehead atoms. The number of aliphatic hydroxyl groups excluding tert-OH is 1. The van der Waals surface area contributed by atoms with Gasteiger partial charge in [0, 0.05) is 36.8 Å². The van der Waals surface area contributed by atoms with E-state index in [0.717, 1.165) is 23.1 Å². The highest BCUT2D eigenvalue weighted by atomic mass is 79.9. The highest BCUT2D eigenvalue weighted by Crippen LogP contribution is 2.26. The number of nitrogens with one attached hydrogen (secondary N) is 1. The molecule has 1 fully saturated rings. The van der Waals surface area contributed by atoms with Crippen LogP contribution in [0.3, 0.4) is 0 Å². The van der Waals surface area contributed by atoms with Gasteiger partial charge in [-0.05, 0) is 43.9 Å². The number of ether oxygens (including phenoxy) is 1. The zero-order valence-corrected chi connectivity index (χ0v) is 14.7. The average Bonchev–Trinajstić information content (AvgIpc) is 3.02. The number of halogens is 1. The molecule has 5 heteroatoms. The van der Waals surface area contributed by atoms with Crippen LogP contribution in [0.2, 0.25) is 0 Å². The number of hydrogen-bond donors (Lipinski definition) is 2. The number of hydrogen-bond acceptors (Lipinski definition) is 3. The molecule has 22 heavy (non-hydrogen) atoms.